The molecule has 28 heavy (non-hydrogen) atoms. The molecule has 0 aliphatic rings. The first-order valence-corrected chi connectivity index (χ1v) is 8.96. The lowest BCUT2D eigenvalue weighted by molar-refractivity contribution is 0.0945. The van der Waals surface area contributed by atoms with Crippen molar-refractivity contribution in [1.29, 1.82) is 0 Å². The molecule has 0 unspecified atom stereocenters. The number of carbonyl (C=O) groups excluding carboxylic acids is 1. The standard InChI is InChI=1S/C20H20N6O2/c1-28-15-7-8-16-17(11-15)23-19(22-16)12-21-20(27)18-13-26(25-24-18)10-9-14-5-3-2-4-6-14/h2-8,11,13H,9-10,12H2,1H3,(H,21,27)(H,22,23). The second kappa shape index (κ2) is 7.91. The number of amides is 1. The van der Waals surface area contributed by atoms with Crippen molar-refractivity contribution in [3.63, 3.8) is 0 Å². The van der Waals surface area contributed by atoms with Crippen LogP contribution < -0.4 is 10.1 Å². The lowest BCUT2D eigenvalue weighted by Gasteiger charge is -2.01. The highest BCUT2D eigenvalue weighted by molar-refractivity contribution is 5.91. The van der Waals surface area contributed by atoms with E-state index in [9.17, 15) is 4.79 Å². The highest BCUT2D eigenvalue weighted by Crippen LogP contribution is 2.18. The Morgan fingerprint density at radius 3 is 2.89 bits per heavy atom. The molecule has 0 radical (unpaired) electrons. The van der Waals surface area contributed by atoms with Crippen molar-refractivity contribution in [3.8, 4) is 5.75 Å². The van der Waals surface area contributed by atoms with E-state index in [1.807, 2.05) is 36.4 Å². The van der Waals surface area contributed by atoms with Crippen LogP contribution in [0.3, 0.4) is 0 Å². The van der Waals surface area contributed by atoms with Crippen LogP contribution in [0.1, 0.15) is 21.9 Å². The number of imidazole rings is 1. The molecular formula is C20H20N6O2. The number of benzene rings is 2. The van der Waals surface area contributed by atoms with Crippen molar-refractivity contribution >= 4 is 16.9 Å². The summed E-state index contributed by atoms with van der Waals surface area (Å²) >= 11 is 0. The summed E-state index contributed by atoms with van der Waals surface area (Å²) in [6.45, 7) is 0.933. The van der Waals surface area contributed by atoms with Gasteiger partial charge in [-0.25, -0.2) is 4.98 Å². The predicted molar refractivity (Wildman–Crippen MR) is 104 cm³/mol. The lowest BCUT2D eigenvalue weighted by Crippen LogP contribution is -2.23. The van der Waals surface area contributed by atoms with Crippen LogP contribution in [0.25, 0.3) is 11.0 Å². The zero-order valence-corrected chi connectivity index (χ0v) is 15.4. The van der Waals surface area contributed by atoms with E-state index >= 15 is 0 Å². The summed E-state index contributed by atoms with van der Waals surface area (Å²) in [6, 6.07) is 15.7. The number of ether oxygens (including phenoxy) is 1. The molecule has 0 atom stereocenters. The molecule has 8 nitrogen and oxygen atoms in total. The van der Waals surface area contributed by atoms with Crippen LogP contribution in [-0.4, -0.2) is 38.0 Å². The second-order valence-electron chi connectivity index (χ2n) is 6.35. The minimum Gasteiger partial charge on any atom is -0.497 e. The van der Waals surface area contributed by atoms with Crippen molar-refractivity contribution < 1.29 is 9.53 Å². The number of nitrogens with zero attached hydrogens (tertiary/aromatic N) is 4. The van der Waals surface area contributed by atoms with Gasteiger partial charge in [-0.2, -0.15) is 0 Å². The minimum atomic E-state index is -0.288. The van der Waals surface area contributed by atoms with Crippen molar-refractivity contribution in [2.45, 2.75) is 19.5 Å². The van der Waals surface area contributed by atoms with Crippen LogP contribution in [0.15, 0.2) is 54.7 Å². The number of rotatable bonds is 7. The van der Waals surface area contributed by atoms with Gasteiger partial charge in [0.25, 0.3) is 5.91 Å². The first kappa shape index (κ1) is 17.7. The molecule has 2 heterocycles. The molecule has 0 spiro atoms. The van der Waals surface area contributed by atoms with E-state index in [2.05, 4.69) is 37.7 Å². The Bertz CT molecular complexity index is 1090. The molecule has 0 bridgehead atoms. The van der Waals surface area contributed by atoms with E-state index in [0.29, 0.717) is 12.4 Å². The largest absolute Gasteiger partial charge is 0.497 e. The van der Waals surface area contributed by atoms with Crippen LogP contribution in [0.2, 0.25) is 0 Å². The van der Waals surface area contributed by atoms with Crippen molar-refractivity contribution in [1.82, 2.24) is 30.3 Å². The molecule has 0 fully saturated rings. The number of nitrogens with one attached hydrogen (secondary N) is 2. The third kappa shape index (κ3) is 4.01. The Labute approximate surface area is 161 Å². The number of H-pyrrole nitrogens is 1. The first-order chi connectivity index (χ1) is 13.7. The molecule has 8 heteroatoms. The molecule has 0 saturated heterocycles. The number of aromatic amines is 1. The maximum absolute atomic E-state index is 12.3. The van der Waals surface area contributed by atoms with Gasteiger partial charge in [-0.3, -0.25) is 9.48 Å². The third-order valence-corrected chi connectivity index (χ3v) is 4.40. The van der Waals surface area contributed by atoms with E-state index < -0.39 is 0 Å². The topological polar surface area (TPSA) is 97.7 Å². The van der Waals surface area contributed by atoms with Gasteiger partial charge in [0.1, 0.15) is 11.6 Å². The van der Waals surface area contributed by atoms with Crippen LogP contribution in [0.5, 0.6) is 5.75 Å². The van der Waals surface area contributed by atoms with Gasteiger partial charge in [-0.1, -0.05) is 35.5 Å². The number of carbonyl (C=O) groups is 1. The van der Waals surface area contributed by atoms with Crippen LogP contribution in [0.4, 0.5) is 0 Å². The van der Waals surface area contributed by atoms with E-state index in [0.717, 1.165) is 23.2 Å². The second-order valence-corrected chi connectivity index (χ2v) is 6.35. The van der Waals surface area contributed by atoms with Gasteiger partial charge in [-0.15, -0.1) is 5.10 Å². The molecule has 4 aromatic rings. The number of hydrogen-bond acceptors (Lipinski definition) is 5. The normalized spacial score (nSPS) is 10.9. The smallest absolute Gasteiger partial charge is 0.273 e. The Morgan fingerprint density at radius 1 is 1.21 bits per heavy atom. The Balaban J connectivity index is 1.34. The number of hydrogen-bond donors (Lipinski definition) is 2. The fraction of sp³-hybridized carbons (Fsp3) is 0.200. The van der Waals surface area contributed by atoms with E-state index in [1.54, 1.807) is 18.0 Å². The fourth-order valence-electron chi connectivity index (χ4n) is 2.91. The quantitative estimate of drug-likeness (QED) is 0.516. The Kier molecular flexibility index (Phi) is 5.01. The van der Waals surface area contributed by atoms with E-state index in [1.165, 1.54) is 5.56 Å². The molecule has 4 rings (SSSR count). The maximum Gasteiger partial charge on any atom is 0.273 e. The Hall–Kier alpha value is -3.68. The number of aryl methyl sites for hydroxylation is 2. The molecule has 2 aromatic carbocycles. The highest BCUT2D eigenvalue weighted by atomic mass is 16.5. The van der Waals surface area contributed by atoms with E-state index in [4.69, 9.17) is 4.74 Å². The van der Waals surface area contributed by atoms with Gasteiger partial charge in [0.2, 0.25) is 0 Å². The fourth-order valence-corrected chi connectivity index (χ4v) is 2.91. The summed E-state index contributed by atoms with van der Waals surface area (Å²) in [5.41, 5.74) is 3.17. The highest BCUT2D eigenvalue weighted by Gasteiger charge is 2.12. The average Bonchev–Trinajstić information content (AvgIpc) is 3.37. The van der Waals surface area contributed by atoms with Crippen molar-refractivity contribution in [2.75, 3.05) is 7.11 Å². The average molecular weight is 376 g/mol. The first-order valence-electron chi connectivity index (χ1n) is 8.96. The van der Waals surface area contributed by atoms with Gasteiger partial charge in [0, 0.05) is 12.6 Å². The minimum absolute atomic E-state index is 0.271. The Morgan fingerprint density at radius 2 is 2.07 bits per heavy atom. The number of aromatic nitrogens is 5. The molecule has 2 aromatic heterocycles. The molecule has 0 saturated carbocycles. The van der Waals surface area contributed by atoms with Gasteiger partial charge in [0.15, 0.2) is 5.69 Å². The summed E-state index contributed by atoms with van der Waals surface area (Å²) in [5, 5.41) is 10.8. The molecule has 142 valence electrons. The molecule has 2 N–H and O–H groups in total. The molecular weight excluding hydrogens is 356 g/mol. The number of fused-ring (bicyclic) bond motifs is 1. The summed E-state index contributed by atoms with van der Waals surface area (Å²) in [6.07, 6.45) is 2.48. The number of methoxy groups -OCH3 is 1. The predicted octanol–water partition coefficient (Wildman–Crippen LogP) is 2.34. The maximum atomic E-state index is 12.3. The van der Waals surface area contributed by atoms with E-state index in [-0.39, 0.29) is 18.1 Å². The summed E-state index contributed by atoms with van der Waals surface area (Å²) in [7, 11) is 1.62. The SMILES string of the molecule is COc1ccc2nc(CNC(=O)c3cn(CCc4ccccc4)nn3)[nH]c2c1. The van der Waals surface area contributed by atoms with Gasteiger partial charge < -0.3 is 15.0 Å². The summed E-state index contributed by atoms with van der Waals surface area (Å²) in [4.78, 5) is 20.0. The van der Waals surface area contributed by atoms with Crippen LogP contribution in [-0.2, 0) is 19.5 Å². The molecule has 1 amide bonds. The third-order valence-electron chi connectivity index (χ3n) is 4.40. The zero-order valence-electron chi connectivity index (χ0n) is 15.4. The molecule has 0 aliphatic heterocycles. The van der Waals surface area contributed by atoms with Crippen molar-refractivity contribution in [3.05, 3.63) is 71.8 Å². The summed E-state index contributed by atoms with van der Waals surface area (Å²) < 4.78 is 6.88. The van der Waals surface area contributed by atoms with Gasteiger partial charge in [-0.05, 0) is 24.1 Å². The van der Waals surface area contributed by atoms with Gasteiger partial charge >= 0.3 is 0 Å². The van der Waals surface area contributed by atoms with Crippen molar-refractivity contribution in [2.24, 2.45) is 0 Å². The summed E-state index contributed by atoms with van der Waals surface area (Å²) in [5.74, 6) is 1.12. The molecule has 0 aliphatic carbocycles. The van der Waals surface area contributed by atoms with Crippen LogP contribution in [0, 0.1) is 0 Å². The lowest BCUT2D eigenvalue weighted by atomic mass is 10.1. The zero-order chi connectivity index (χ0) is 19.3. The van der Waals surface area contributed by atoms with Gasteiger partial charge in [0.05, 0.1) is 30.9 Å². The van der Waals surface area contributed by atoms with Crippen LogP contribution >= 0.6 is 0 Å². The monoisotopic (exact) mass is 376 g/mol.